The van der Waals surface area contributed by atoms with Gasteiger partial charge in [0, 0.05) is 18.0 Å². The predicted molar refractivity (Wildman–Crippen MR) is 66.5 cm³/mol. The van der Waals surface area contributed by atoms with Crippen LogP contribution >= 0.6 is 11.6 Å². The summed E-state index contributed by atoms with van der Waals surface area (Å²) < 4.78 is 5.23. The molecule has 0 saturated carbocycles. The molecule has 1 aromatic carbocycles. The maximum absolute atomic E-state index is 10.8. The Morgan fingerprint density at radius 2 is 2.19 bits per heavy atom. The molecule has 1 aromatic rings. The maximum Gasteiger partial charge on any atom is 0.142 e. The second-order valence-electron chi connectivity index (χ2n) is 3.68. The van der Waals surface area contributed by atoms with Crippen molar-refractivity contribution in [2.75, 3.05) is 19.0 Å². The number of Topliss-reactive ketones (excluding diaryl/α,β-unsaturated/α-hetero) is 1. The monoisotopic (exact) mass is 241 g/mol. The van der Waals surface area contributed by atoms with Gasteiger partial charge in [-0.05, 0) is 31.5 Å². The Bertz CT molecular complexity index is 391. The fourth-order valence-electron chi connectivity index (χ4n) is 1.34. The number of carbonyl (C=O) groups is 1. The van der Waals surface area contributed by atoms with E-state index in [4.69, 9.17) is 16.3 Å². The van der Waals surface area contributed by atoms with Gasteiger partial charge in [0.1, 0.15) is 11.5 Å². The first-order valence-corrected chi connectivity index (χ1v) is 5.50. The van der Waals surface area contributed by atoms with Gasteiger partial charge >= 0.3 is 0 Å². The third-order valence-electron chi connectivity index (χ3n) is 2.27. The van der Waals surface area contributed by atoms with E-state index in [0.29, 0.717) is 18.0 Å². The summed E-state index contributed by atoms with van der Waals surface area (Å²) in [5.41, 5.74) is 1.79. The molecule has 0 aliphatic rings. The number of aryl methyl sites for hydroxylation is 1. The minimum atomic E-state index is 0.157. The van der Waals surface area contributed by atoms with E-state index in [-0.39, 0.29) is 5.78 Å². The van der Waals surface area contributed by atoms with Crippen LogP contribution in [0.1, 0.15) is 18.9 Å². The van der Waals surface area contributed by atoms with Crippen LogP contribution < -0.4 is 10.1 Å². The normalized spacial score (nSPS) is 10.0. The zero-order chi connectivity index (χ0) is 12.1. The molecule has 88 valence electrons. The highest BCUT2D eigenvalue weighted by molar-refractivity contribution is 6.31. The molecule has 0 aliphatic heterocycles. The molecule has 4 heteroatoms. The minimum absolute atomic E-state index is 0.157. The first-order chi connectivity index (χ1) is 7.54. The number of halogens is 1. The third kappa shape index (κ3) is 3.42. The molecule has 0 unspecified atom stereocenters. The van der Waals surface area contributed by atoms with Crippen LogP contribution in [-0.2, 0) is 4.79 Å². The van der Waals surface area contributed by atoms with Crippen molar-refractivity contribution in [3.8, 4) is 5.75 Å². The summed E-state index contributed by atoms with van der Waals surface area (Å²) in [6, 6.07) is 3.69. The average Bonchev–Trinajstić information content (AvgIpc) is 2.22. The van der Waals surface area contributed by atoms with Crippen molar-refractivity contribution in [1.82, 2.24) is 0 Å². The van der Waals surface area contributed by atoms with Crippen molar-refractivity contribution < 1.29 is 9.53 Å². The lowest BCUT2D eigenvalue weighted by molar-refractivity contribution is -0.116. The van der Waals surface area contributed by atoms with Gasteiger partial charge in [-0.25, -0.2) is 0 Å². The molecule has 0 heterocycles. The number of rotatable bonds is 5. The van der Waals surface area contributed by atoms with Crippen LogP contribution in [-0.4, -0.2) is 19.4 Å². The summed E-state index contributed by atoms with van der Waals surface area (Å²) in [5.74, 6) is 0.898. The molecule has 3 nitrogen and oxygen atoms in total. The highest BCUT2D eigenvalue weighted by atomic mass is 35.5. The summed E-state index contributed by atoms with van der Waals surface area (Å²) in [5, 5.41) is 3.82. The van der Waals surface area contributed by atoms with E-state index < -0.39 is 0 Å². The van der Waals surface area contributed by atoms with E-state index in [1.165, 1.54) is 0 Å². The predicted octanol–water partition coefficient (Wildman–Crippen LogP) is 3.05. The average molecular weight is 242 g/mol. The molecule has 16 heavy (non-hydrogen) atoms. The van der Waals surface area contributed by atoms with Crippen LogP contribution in [0.5, 0.6) is 5.75 Å². The van der Waals surface area contributed by atoms with Crippen molar-refractivity contribution in [2.24, 2.45) is 0 Å². The molecule has 0 atom stereocenters. The van der Waals surface area contributed by atoms with E-state index in [2.05, 4.69) is 5.32 Å². The summed E-state index contributed by atoms with van der Waals surface area (Å²) in [6.07, 6.45) is 0.495. The molecular weight excluding hydrogens is 226 g/mol. The Kier molecular flexibility index (Phi) is 4.62. The van der Waals surface area contributed by atoms with Gasteiger partial charge in [0.15, 0.2) is 0 Å². The van der Waals surface area contributed by atoms with Crippen molar-refractivity contribution in [1.29, 1.82) is 0 Å². The largest absolute Gasteiger partial charge is 0.495 e. The zero-order valence-corrected chi connectivity index (χ0v) is 10.5. The molecule has 0 radical (unpaired) electrons. The SMILES string of the molecule is COc1cc(C)c(Cl)cc1NCCC(C)=O. The van der Waals surface area contributed by atoms with Crippen LogP contribution in [0.3, 0.4) is 0 Å². The van der Waals surface area contributed by atoms with Gasteiger partial charge in [-0.2, -0.15) is 0 Å². The van der Waals surface area contributed by atoms with E-state index in [0.717, 1.165) is 17.0 Å². The lowest BCUT2D eigenvalue weighted by Crippen LogP contribution is -2.07. The first kappa shape index (κ1) is 12.8. The van der Waals surface area contributed by atoms with Crippen LogP contribution in [0.25, 0.3) is 0 Å². The Morgan fingerprint density at radius 3 is 2.75 bits per heavy atom. The van der Waals surface area contributed by atoms with Gasteiger partial charge in [0.25, 0.3) is 0 Å². The van der Waals surface area contributed by atoms with Crippen molar-refractivity contribution in [2.45, 2.75) is 20.3 Å². The van der Waals surface area contributed by atoms with E-state index >= 15 is 0 Å². The topological polar surface area (TPSA) is 38.3 Å². The molecule has 1 rings (SSSR count). The molecule has 0 aromatic heterocycles. The fraction of sp³-hybridized carbons (Fsp3) is 0.417. The molecule has 0 saturated heterocycles. The standard InChI is InChI=1S/C12H16ClNO2/c1-8-6-12(16-3)11(7-10(8)13)14-5-4-9(2)15/h6-7,14H,4-5H2,1-3H3. The van der Waals surface area contributed by atoms with Crippen molar-refractivity contribution >= 4 is 23.1 Å². The van der Waals surface area contributed by atoms with Crippen LogP contribution in [0.4, 0.5) is 5.69 Å². The van der Waals surface area contributed by atoms with E-state index in [9.17, 15) is 4.79 Å². The van der Waals surface area contributed by atoms with Gasteiger partial charge in [-0.1, -0.05) is 11.6 Å². The maximum atomic E-state index is 10.8. The number of ether oxygens (including phenoxy) is 1. The highest BCUT2D eigenvalue weighted by Crippen LogP contribution is 2.30. The van der Waals surface area contributed by atoms with Crippen LogP contribution in [0.15, 0.2) is 12.1 Å². The second-order valence-corrected chi connectivity index (χ2v) is 4.09. The van der Waals surface area contributed by atoms with Crippen molar-refractivity contribution in [3.05, 3.63) is 22.7 Å². The second kappa shape index (κ2) is 5.75. The van der Waals surface area contributed by atoms with Crippen LogP contribution in [0.2, 0.25) is 5.02 Å². The molecule has 0 bridgehead atoms. The Morgan fingerprint density at radius 1 is 1.50 bits per heavy atom. The first-order valence-electron chi connectivity index (χ1n) is 5.12. The lowest BCUT2D eigenvalue weighted by atomic mass is 10.2. The number of carbonyl (C=O) groups excluding carboxylic acids is 1. The highest BCUT2D eigenvalue weighted by Gasteiger charge is 2.06. The molecule has 0 aliphatic carbocycles. The number of anilines is 1. The zero-order valence-electron chi connectivity index (χ0n) is 9.76. The molecule has 0 fully saturated rings. The van der Waals surface area contributed by atoms with Gasteiger partial charge in [-0.3, -0.25) is 4.79 Å². The summed E-state index contributed by atoms with van der Waals surface area (Å²) >= 11 is 6.02. The van der Waals surface area contributed by atoms with Crippen LogP contribution in [0, 0.1) is 6.92 Å². The quantitative estimate of drug-likeness (QED) is 0.861. The number of hydrogen-bond acceptors (Lipinski definition) is 3. The molecule has 1 N–H and O–H groups in total. The third-order valence-corrected chi connectivity index (χ3v) is 2.68. The van der Waals surface area contributed by atoms with E-state index in [1.54, 1.807) is 14.0 Å². The minimum Gasteiger partial charge on any atom is -0.495 e. The Balaban J connectivity index is 2.77. The van der Waals surface area contributed by atoms with Crippen molar-refractivity contribution in [3.63, 3.8) is 0 Å². The summed E-state index contributed by atoms with van der Waals surface area (Å²) in [7, 11) is 1.61. The smallest absolute Gasteiger partial charge is 0.142 e. The van der Waals surface area contributed by atoms with Gasteiger partial charge < -0.3 is 10.1 Å². The lowest BCUT2D eigenvalue weighted by Gasteiger charge is -2.12. The van der Waals surface area contributed by atoms with E-state index in [1.807, 2.05) is 19.1 Å². The molecular formula is C12H16ClNO2. The van der Waals surface area contributed by atoms with Gasteiger partial charge in [0.05, 0.1) is 12.8 Å². The van der Waals surface area contributed by atoms with Gasteiger partial charge in [-0.15, -0.1) is 0 Å². The number of benzene rings is 1. The number of hydrogen-bond donors (Lipinski definition) is 1. The molecule has 0 spiro atoms. The summed E-state index contributed by atoms with van der Waals surface area (Å²) in [6.45, 7) is 4.08. The fourth-order valence-corrected chi connectivity index (χ4v) is 1.50. The Labute approximate surface area is 101 Å². The summed E-state index contributed by atoms with van der Waals surface area (Å²) in [4.78, 5) is 10.8. The van der Waals surface area contributed by atoms with Gasteiger partial charge in [0.2, 0.25) is 0 Å². The number of methoxy groups -OCH3 is 1. The number of nitrogens with one attached hydrogen (secondary N) is 1. The molecule has 0 amide bonds. The Hall–Kier alpha value is -1.22. The number of ketones is 1.